The van der Waals surface area contributed by atoms with Gasteiger partial charge in [-0.2, -0.15) is 0 Å². The molecule has 0 bridgehead atoms. The van der Waals surface area contributed by atoms with Crippen LogP contribution >= 0.6 is 0 Å². The molecule has 0 aromatic heterocycles. The zero-order chi connectivity index (χ0) is 16.4. The Morgan fingerprint density at radius 3 is 2.59 bits per heavy atom. The second-order valence-electron chi connectivity index (χ2n) is 5.54. The van der Waals surface area contributed by atoms with Crippen molar-refractivity contribution in [3.63, 3.8) is 0 Å². The van der Waals surface area contributed by atoms with Gasteiger partial charge in [0.15, 0.2) is 11.5 Å². The maximum absolute atomic E-state index is 12.1. The second kappa shape index (κ2) is 10.1. The summed E-state index contributed by atoms with van der Waals surface area (Å²) in [4.78, 5) is 12.1. The molecular formula is C18H28O4. The zero-order valence-corrected chi connectivity index (χ0v) is 13.9. The predicted octanol–water partition coefficient (Wildman–Crippen LogP) is 4.09. The van der Waals surface area contributed by atoms with Crippen LogP contribution in [0.15, 0.2) is 18.2 Å². The van der Waals surface area contributed by atoms with E-state index in [1.165, 1.54) is 20.0 Å². The van der Waals surface area contributed by atoms with Crippen molar-refractivity contribution in [2.75, 3.05) is 13.7 Å². The van der Waals surface area contributed by atoms with Crippen LogP contribution in [-0.2, 0) is 16.0 Å². The molecule has 124 valence electrons. The van der Waals surface area contributed by atoms with Gasteiger partial charge in [-0.05, 0) is 37.0 Å². The van der Waals surface area contributed by atoms with Crippen molar-refractivity contribution >= 4 is 5.97 Å². The van der Waals surface area contributed by atoms with Crippen LogP contribution in [0.25, 0.3) is 0 Å². The first-order valence-electron chi connectivity index (χ1n) is 8.14. The molecule has 22 heavy (non-hydrogen) atoms. The Balaban J connectivity index is 2.49. The molecule has 0 radical (unpaired) electrons. The first-order chi connectivity index (χ1) is 10.6. The molecule has 1 unspecified atom stereocenters. The van der Waals surface area contributed by atoms with E-state index in [1.807, 2.05) is 13.0 Å². The molecular weight excluding hydrogens is 280 g/mol. The number of hydrogen-bond acceptors (Lipinski definition) is 4. The van der Waals surface area contributed by atoms with Crippen LogP contribution < -0.4 is 4.74 Å². The molecule has 1 rings (SSSR count). The smallest absolute Gasteiger partial charge is 0.309 e. The summed E-state index contributed by atoms with van der Waals surface area (Å²) in [5.41, 5.74) is 0.910. The Kier molecular flexibility index (Phi) is 8.41. The van der Waals surface area contributed by atoms with Crippen molar-refractivity contribution in [3.8, 4) is 11.5 Å². The minimum atomic E-state index is -0.168. The average Bonchev–Trinajstić information content (AvgIpc) is 2.52. The lowest BCUT2D eigenvalue weighted by molar-refractivity contribution is -0.148. The molecule has 1 atom stereocenters. The number of phenols is 1. The molecule has 1 N–H and O–H groups in total. The summed E-state index contributed by atoms with van der Waals surface area (Å²) >= 11 is 0. The number of esters is 1. The van der Waals surface area contributed by atoms with Gasteiger partial charge >= 0.3 is 5.97 Å². The van der Waals surface area contributed by atoms with Gasteiger partial charge in [0, 0.05) is 0 Å². The molecule has 0 fully saturated rings. The van der Waals surface area contributed by atoms with E-state index in [2.05, 4.69) is 6.92 Å². The molecule has 0 aliphatic heterocycles. The van der Waals surface area contributed by atoms with Gasteiger partial charge in [-0.15, -0.1) is 0 Å². The van der Waals surface area contributed by atoms with E-state index in [0.717, 1.165) is 24.8 Å². The molecule has 0 saturated heterocycles. The first-order valence-corrected chi connectivity index (χ1v) is 8.14. The average molecular weight is 308 g/mol. The molecule has 0 heterocycles. The number of methoxy groups -OCH3 is 1. The van der Waals surface area contributed by atoms with E-state index < -0.39 is 0 Å². The maximum Gasteiger partial charge on any atom is 0.309 e. The molecule has 1 aromatic rings. The first kappa shape index (κ1) is 18.3. The number of unbranched alkanes of at least 4 members (excludes halogenated alkanes) is 3. The normalized spacial score (nSPS) is 12.0. The van der Waals surface area contributed by atoms with Crippen molar-refractivity contribution in [2.24, 2.45) is 5.92 Å². The summed E-state index contributed by atoms with van der Waals surface area (Å²) in [7, 11) is 1.51. The fourth-order valence-corrected chi connectivity index (χ4v) is 2.36. The monoisotopic (exact) mass is 308 g/mol. The molecule has 0 aliphatic carbocycles. The largest absolute Gasteiger partial charge is 0.504 e. The van der Waals surface area contributed by atoms with Gasteiger partial charge in [0.25, 0.3) is 0 Å². The maximum atomic E-state index is 12.1. The van der Waals surface area contributed by atoms with Crippen LogP contribution in [0.5, 0.6) is 11.5 Å². The summed E-state index contributed by atoms with van der Waals surface area (Å²) in [5.74, 6) is 0.228. The van der Waals surface area contributed by atoms with Crippen LogP contribution in [0, 0.1) is 5.92 Å². The fourth-order valence-electron chi connectivity index (χ4n) is 2.36. The van der Waals surface area contributed by atoms with Crippen molar-refractivity contribution in [1.29, 1.82) is 0 Å². The van der Waals surface area contributed by atoms with Crippen LogP contribution in [0.3, 0.4) is 0 Å². The third-order valence-electron chi connectivity index (χ3n) is 3.79. The van der Waals surface area contributed by atoms with Crippen molar-refractivity contribution in [1.82, 2.24) is 0 Å². The summed E-state index contributed by atoms with van der Waals surface area (Å²) in [6.45, 7) is 4.64. The Morgan fingerprint density at radius 1 is 1.23 bits per heavy atom. The second-order valence-corrected chi connectivity index (χ2v) is 5.54. The highest BCUT2D eigenvalue weighted by atomic mass is 16.5. The van der Waals surface area contributed by atoms with Gasteiger partial charge in [-0.1, -0.05) is 39.2 Å². The van der Waals surface area contributed by atoms with Crippen LogP contribution in [-0.4, -0.2) is 24.8 Å². The molecule has 4 heteroatoms. The number of benzene rings is 1. The third kappa shape index (κ3) is 5.96. The van der Waals surface area contributed by atoms with Crippen molar-refractivity contribution in [3.05, 3.63) is 23.8 Å². The van der Waals surface area contributed by atoms with Crippen LogP contribution in [0.1, 0.15) is 51.5 Å². The lowest BCUT2D eigenvalue weighted by atomic mass is 9.97. The topological polar surface area (TPSA) is 55.8 Å². The van der Waals surface area contributed by atoms with Gasteiger partial charge in [0.05, 0.1) is 19.6 Å². The molecule has 1 aromatic carbocycles. The van der Waals surface area contributed by atoms with Gasteiger partial charge < -0.3 is 14.6 Å². The Bertz CT molecular complexity index is 456. The minimum absolute atomic E-state index is 0.0998. The summed E-state index contributed by atoms with van der Waals surface area (Å²) in [6, 6.07) is 5.24. The van der Waals surface area contributed by atoms with Crippen molar-refractivity contribution in [2.45, 2.75) is 52.4 Å². The molecule has 0 spiro atoms. The number of carbonyl (C=O) groups is 1. The van der Waals surface area contributed by atoms with Gasteiger partial charge in [-0.25, -0.2) is 0 Å². The highest BCUT2D eigenvalue weighted by Crippen LogP contribution is 2.27. The molecule has 4 nitrogen and oxygen atoms in total. The third-order valence-corrected chi connectivity index (χ3v) is 3.79. The van der Waals surface area contributed by atoms with Gasteiger partial charge in [0.2, 0.25) is 0 Å². The van der Waals surface area contributed by atoms with Crippen LogP contribution in [0.4, 0.5) is 0 Å². The van der Waals surface area contributed by atoms with Crippen LogP contribution in [0.2, 0.25) is 0 Å². The molecule has 0 aliphatic rings. The highest BCUT2D eigenvalue weighted by molar-refractivity contribution is 5.72. The van der Waals surface area contributed by atoms with E-state index in [1.54, 1.807) is 12.1 Å². The lowest BCUT2D eigenvalue weighted by Gasteiger charge is -2.15. The number of rotatable bonds is 10. The van der Waals surface area contributed by atoms with E-state index in [-0.39, 0.29) is 17.6 Å². The highest BCUT2D eigenvalue weighted by Gasteiger charge is 2.19. The fraction of sp³-hybridized carbons (Fsp3) is 0.611. The lowest BCUT2D eigenvalue weighted by Crippen LogP contribution is -2.20. The van der Waals surface area contributed by atoms with E-state index in [9.17, 15) is 9.90 Å². The summed E-state index contributed by atoms with van der Waals surface area (Å²) in [6.07, 6.45) is 5.68. The Labute approximate surface area is 133 Å². The summed E-state index contributed by atoms with van der Waals surface area (Å²) < 4.78 is 10.4. The van der Waals surface area contributed by atoms with Crippen molar-refractivity contribution < 1.29 is 19.4 Å². The number of hydrogen-bond donors (Lipinski definition) is 1. The number of carbonyl (C=O) groups excluding carboxylic acids is 1. The quantitative estimate of drug-likeness (QED) is 0.522. The van der Waals surface area contributed by atoms with E-state index >= 15 is 0 Å². The molecule has 0 saturated carbocycles. The number of aromatic hydroxyl groups is 1. The van der Waals surface area contributed by atoms with Gasteiger partial charge in [0.1, 0.15) is 0 Å². The number of phenolic OH excluding ortho intramolecular Hbond substituents is 1. The number of ether oxygens (including phenoxy) is 2. The minimum Gasteiger partial charge on any atom is -0.504 e. The predicted molar refractivity (Wildman–Crippen MR) is 87.2 cm³/mol. The SMILES string of the molecule is CCCCCCOC(=O)C(CC)Cc1ccc(OC)c(O)c1. The Morgan fingerprint density at radius 2 is 2.00 bits per heavy atom. The Hall–Kier alpha value is -1.71. The standard InChI is InChI=1S/C18H28O4/c1-4-6-7-8-11-22-18(20)15(5-2)12-14-9-10-17(21-3)16(19)13-14/h9-10,13,15,19H,4-8,11-12H2,1-3H3. The summed E-state index contributed by atoms with van der Waals surface area (Å²) in [5, 5.41) is 9.80. The molecule has 0 amide bonds. The zero-order valence-electron chi connectivity index (χ0n) is 13.9. The van der Waals surface area contributed by atoms with E-state index in [4.69, 9.17) is 9.47 Å². The van der Waals surface area contributed by atoms with E-state index in [0.29, 0.717) is 18.8 Å². The van der Waals surface area contributed by atoms with Gasteiger partial charge in [-0.3, -0.25) is 4.79 Å².